The van der Waals surface area contributed by atoms with Crippen molar-refractivity contribution in [3.05, 3.63) is 35.0 Å². The number of sulfonamides is 1. The van der Waals surface area contributed by atoms with E-state index in [1.54, 1.807) is 6.07 Å². The van der Waals surface area contributed by atoms with E-state index in [1.165, 1.54) is 17.6 Å². The highest BCUT2D eigenvalue weighted by Gasteiger charge is 2.14. The molecule has 2 N–H and O–H groups in total. The minimum atomic E-state index is -3.17. The van der Waals surface area contributed by atoms with Crippen molar-refractivity contribution >= 4 is 26.8 Å². The molecular formula is C16H23N3O3S. The standard InChI is InChI=1S/C16H23N3O3S/c1-11-12(2)18-15-13(11)7-5-8-14(15)16(20)17-9-6-10-19(3)23(4,21)22/h5,7-8,18H,6,9-10H2,1-4H3,(H,17,20). The summed E-state index contributed by atoms with van der Waals surface area (Å²) < 4.78 is 23.9. The summed E-state index contributed by atoms with van der Waals surface area (Å²) in [6, 6.07) is 5.65. The molecule has 1 aromatic heterocycles. The fraction of sp³-hybridized carbons (Fsp3) is 0.438. The van der Waals surface area contributed by atoms with E-state index >= 15 is 0 Å². The summed E-state index contributed by atoms with van der Waals surface area (Å²) in [6.07, 6.45) is 1.73. The number of benzene rings is 1. The fourth-order valence-electron chi connectivity index (χ4n) is 2.44. The van der Waals surface area contributed by atoms with Crippen LogP contribution in [0.1, 0.15) is 28.0 Å². The van der Waals surface area contributed by atoms with Gasteiger partial charge in [-0.3, -0.25) is 4.79 Å². The Labute approximate surface area is 136 Å². The molecule has 1 aromatic carbocycles. The Balaban J connectivity index is 2.01. The fourth-order valence-corrected chi connectivity index (χ4v) is 2.90. The lowest BCUT2D eigenvalue weighted by Gasteiger charge is -2.14. The van der Waals surface area contributed by atoms with Gasteiger partial charge in [-0.05, 0) is 31.9 Å². The summed E-state index contributed by atoms with van der Waals surface area (Å²) in [5.41, 5.74) is 3.64. The van der Waals surface area contributed by atoms with E-state index in [1.807, 2.05) is 26.0 Å². The number of carbonyl (C=O) groups is 1. The first kappa shape index (κ1) is 17.5. The molecule has 0 saturated heterocycles. The summed E-state index contributed by atoms with van der Waals surface area (Å²) in [7, 11) is -1.64. The van der Waals surface area contributed by atoms with Crippen molar-refractivity contribution in [2.45, 2.75) is 20.3 Å². The van der Waals surface area contributed by atoms with Gasteiger partial charge < -0.3 is 10.3 Å². The maximum absolute atomic E-state index is 12.4. The predicted octanol–water partition coefficient (Wildman–Crippen LogP) is 1.80. The highest BCUT2D eigenvalue weighted by Crippen LogP contribution is 2.24. The summed E-state index contributed by atoms with van der Waals surface area (Å²) in [4.78, 5) is 15.6. The Bertz CT molecular complexity index is 824. The first-order valence-electron chi connectivity index (χ1n) is 7.49. The molecule has 2 rings (SSSR count). The number of nitrogens with zero attached hydrogens (tertiary/aromatic N) is 1. The molecule has 6 nitrogen and oxygen atoms in total. The van der Waals surface area contributed by atoms with Crippen LogP contribution in [-0.4, -0.2) is 50.0 Å². The lowest BCUT2D eigenvalue weighted by Crippen LogP contribution is -2.31. The van der Waals surface area contributed by atoms with Crippen LogP contribution in [0, 0.1) is 13.8 Å². The monoisotopic (exact) mass is 337 g/mol. The molecule has 23 heavy (non-hydrogen) atoms. The minimum absolute atomic E-state index is 0.154. The Morgan fingerprint density at radius 1 is 1.30 bits per heavy atom. The van der Waals surface area contributed by atoms with Crippen LogP contribution < -0.4 is 5.32 Å². The number of carbonyl (C=O) groups excluding carboxylic acids is 1. The molecule has 0 atom stereocenters. The number of hydrogen-bond acceptors (Lipinski definition) is 3. The number of fused-ring (bicyclic) bond motifs is 1. The van der Waals surface area contributed by atoms with Gasteiger partial charge in [0.05, 0.1) is 17.3 Å². The van der Waals surface area contributed by atoms with Crippen molar-refractivity contribution in [2.24, 2.45) is 0 Å². The molecule has 1 amide bonds. The van der Waals surface area contributed by atoms with Crippen LogP contribution in [0.4, 0.5) is 0 Å². The van der Waals surface area contributed by atoms with Crippen molar-refractivity contribution in [1.82, 2.24) is 14.6 Å². The first-order chi connectivity index (χ1) is 10.7. The lowest BCUT2D eigenvalue weighted by atomic mass is 10.1. The SMILES string of the molecule is Cc1[nH]c2c(C(=O)NCCCN(C)S(C)(=O)=O)cccc2c1C. The summed E-state index contributed by atoms with van der Waals surface area (Å²) in [5.74, 6) is -0.154. The minimum Gasteiger partial charge on any atom is -0.358 e. The average Bonchev–Trinajstić information content (AvgIpc) is 2.77. The maximum Gasteiger partial charge on any atom is 0.253 e. The van der Waals surface area contributed by atoms with E-state index in [4.69, 9.17) is 0 Å². The normalized spacial score (nSPS) is 12.0. The van der Waals surface area contributed by atoms with Crippen molar-refractivity contribution in [3.63, 3.8) is 0 Å². The van der Waals surface area contributed by atoms with Crippen molar-refractivity contribution in [3.8, 4) is 0 Å². The average molecular weight is 337 g/mol. The van der Waals surface area contributed by atoms with Gasteiger partial charge >= 0.3 is 0 Å². The summed E-state index contributed by atoms with van der Waals surface area (Å²) in [6.45, 7) is 4.81. The van der Waals surface area contributed by atoms with Gasteiger partial charge in [0.15, 0.2) is 0 Å². The molecule has 0 spiro atoms. The number of aryl methyl sites for hydroxylation is 2. The summed E-state index contributed by atoms with van der Waals surface area (Å²) in [5, 5.41) is 3.89. The van der Waals surface area contributed by atoms with Crippen molar-refractivity contribution in [2.75, 3.05) is 26.4 Å². The number of hydrogen-bond donors (Lipinski definition) is 2. The van der Waals surface area contributed by atoms with E-state index in [2.05, 4.69) is 10.3 Å². The zero-order chi connectivity index (χ0) is 17.2. The van der Waals surface area contributed by atoms with E-state index in [-0.39, 0.29) is 5.91 Å². The van der Waals surface area contributed by atoms with Crippen LogP contribution >= 0.6 is 0 Å². The zero-order valence-electron chi connectivity index (χ0n) is 13.9. The van der Waals surface area contributed by atoms with Gasteiger partial charge in [0.2, 0.25) is 10.0 Å². The molecule has 0 radical (unpaired) electrons. The molecule has 0 aliphatic rings. The first-order valence-corrected chi connectivity index (χ1v) is 9.34. The number of aromatic amines is 1. The Morgan fingerprint density at radius 2 is 2.00 bits per heavy atom. The highest BCUT2D eigenvalue weighted by atomic mass is 32.2. The smallest absolute Gasteiger partial charge is 0.253 e. The third kappa shape index (κ3) is 3.92. The summed E-state index contributed by atoms with van der Waals surface area (Å²) >= 11 is 0. The maximum atomic E-state index is 12.4. The number of para-hydroxylation sites is 1. The molecule has 0 fully saturated rings. The molecule has 2 aromatic rings. The van der Waals surface area contributed by atoms with Crippen LogP contribution in [0.15, 0.2) is 18.2 Å². The van der Waals surface area contributed by atoms with Crippen LogP contribution in [-0.2, 0) is 10.0 Å². The lowest BCUT2D eigenvalue weighted by molar-refractivity contribution is 0.0954. The molecule has 0 bridgehead atoms. The van der Waals surface area contributed by atoms with Gasteiger partial charge in [-0.15, -0.1) is 0 Å². The topological polar surface area (TPSA) is 82.3 Å². The Hall–Kier alpha value is -1.86. The third-order valence-corrected chi connectivity index (χ3v) is 5.40. The van der Waals surface area contributed by atoms with Gasteiger partial charge in [-0.1, -0.05) is 12.1 Å². The third-order valence-electron chi connectivity index (χ3n) is 4.09. The zero-order valence-corrected chi connectivity index (χ0v) is 14.8. The number of amides is 1. The van der Waals surface area contributed by atoms with Crippen molar-refractivity contribution < 1.29 is 13.2 Å². The second-order valence-electron chi connectivity index (χ2n) is 5.80. The predicted molar refractivity (Wildman–Crippen MR) is 92.2 cm³/mol. The van der Waals surface area contributed by atoms with Crippen LogP contribution in [0.2, 0.25) is 0 Å². The molecule has 7 heteroatoms. The largest absolute Gasteiger partial charge is 0.358 e. The molecule has 0 aliphatic heterocycles. The molecule has 0 saturated carbocycles. The van der Waals surface area contributed by atoms with Gasteiger partial charge in [-0.25, -0.2) is 12.7 Å². The number of nitrogens with one attached hydrogen (secondary N) is 2. The van der Waals surface area contributed by atoms with Crippen LogP contribution in [0.5, 0.6) is 0 Å². The van der Waals surface area contributed by atoms with Gasteiger partial charge in [0.1, 0.15) is 0 Å². The number of aromatic nitrogens is 1. The van der Waals surface area contributed by atoms with E-state index < -0.39 is 10.0 Å². The van der Waals surface area contributed by atoms with E-state index in [0.717, 1.165) is 22.2 Å². The molecule has 126 valence electrons. The highest BCUT2D eigenvalue weighted by molar-refractivity contribution is 7.88. The van der Waals surface area contributed by atoms with Gasteiger partial charge in [0, 0.05) is 31.2 Å². The second-order valence-corrected chi connectivity index (χ2v) is 7.89. The van der Waals surface area contributed by atoms with E-state index in [9.17, 15) is 13.2 Å². The number of rotatable bonds is 6. The molecular weight excluding hydrogens is 314 g/mol. The Morgan fingerprint density at radius 3 is 2.65 bits per heavy atom. The van der Waals surface area contributed by atoms with Crippen molar-refractivity contribution in [1.29, 1.82) is 0 Å². The quantitative estimate of drug-likeness (QED) is 0.789. The number of H-pyrrole nitrogens is 1. The van der Waals surface area contributed by atoms with Crippen LogP contribution in [0.3, 0.4) is 0 Å². The Kier molecular flexibility index (Phi) is 5.11. The molecule has 0 aliphatic carbocycles. The van der Waals surface area contributed by atoms with E-state index in [0.29, 0.717) is 25.1 Å². The second kappa shape index (κ2) is 6.72. The molecule has 0 unspecified atom stereocenters. The van der Waals surface area contributed by atoms with Gasteiger partial charge in [-0.2, -0.15) is 0 Å². The molecule has 1 heterocycles. The van der Waals surface area contributed by atoms with Gasteiger partial charge in [0.25, 0.3) is 5.91 Å². The van der Waals surface area contributed by atoms with Crippen LogP contribution in [0.25, 0.3) is 10.9 Å².